The molecule has 0 bridgehead atoms. The molecule has 0 spiro atoms. The standard InChI is InChI=1S/C27H30N2O3/c30-25-16-21-13-15-29(19-23(21)17-26(25)31)18-22-11-4-5-12-24(22)27(32)28-14-7-6-10-20-8-2-1-3-9-20/h1-5,8-9,11-12,16-17,30-31H,6-7,10,13-15,18-19H2,(H,28,32). The van der Waals surface area contributed by atoms with Crippen LogP contribution < -0.4 is 5.32 Å². The minimum Gasteiger partial charge on any atom is -0.504 e. The van der Waals surface area contributed by atoms with Crippen LogP contribution in [0.2, 0.25) is 0 Å². The van der Waals surface area contributed by atoms with Gasteiger partial charge in [0.25, 0.3) is 5.91 Å². The number of nitrogens with zero attached hydrogens (tertiary/aromatic N) is 1. The molecule has 0 aliphatic carbocycles. The first-order chi connectivity index (χ1) is 15.6. The number of carbonyl (C=O) groups is 1. The van der Waals surface area contributed by atoms with Gasteiger partial charge in [0.2, 0.25) is 0 Å². The van der Waals surface area contributed by atoms with Gasteiger partial charge in [0.1, 0.15) is 0 Å². The number of hydrogen-bond acceptors (Lipinski definition) is 4. The number of carbonyl (C=O) groups excluding carboxylic acids is 1. The summed E-state index contributed by atoms with van der Waals surface area (Å²) in [5, 5.41) is 22.6. The fourth-order valence-corrected chi connectivity index (χ4v) is 4.29. The fourth-order valence-electron chi connectivity index (χ4n) is 4.29. The van der Waals surface area contributed by atoms with E-state index in [9.17, 15) is 15.0 Å². The summed E-state index contributed by atoms with van der Waals surface area (Å²) in [5.41, 5.74) is 5.14. The maximum absolute atomic E-state index is 12.8. The van der Waals surface area contributed by atoms with Crippen molar-refractivity contribution in [2.45, 2.75) is 38.8 Å². The van der Waals surface area contributed by atoms with Crippen molar-refractivity contribution in [3.05, 3.63) is 94.5 Å². The number of fused-ring (bicyclic) bond motifs is 1. The van der Waals surface area contributed by atoms with Gasteiger partial charge >= 0.3 is 0 Å². The highest BCUT2D eigenvalue weighted by molar-refractivity contribution is 5.95. The zero-order chi connectivity index (χ0) is 22.3. The summed E-state index contributed by atoms with van der Waals surface area (Å²) < 4.78 is 0. The van der Waals surface area contributed by atoms with E-state index in [-0.39, 0.29) is 17.4 Å². The Balaban J connectivity index is 1.31. The Morgan fingerprint density at radius 2 is 1.62 bits per heavy atom. The van der Waals surface area contributed by atoms with Crippen LogP contribution >= 0.6 is 0 Å². The van der Waals surface area contributed by atoms with Crippen LogP contribution in [0.25, 0.3) is 0 Å². The van der Waals surface area contributed by atoms with E-state index in [1.165, 1.54) is 5.56 Å². The van der Waals surface area contributed by atoms with Crippen molar-refractivity contribution in [2.75, 3.05) is 13.1 Å². The molecule has 3 aromatic carbocycles. The molecule has 0 unspecified atom stereocenters. The van der Waals surface area contributed by atoms with Crippen LogP contribution in [-0.2, 0) is 25.9 Å². The molecular formula is C27H30N2O3. The van der Waals surface area contributed by atoms with Crippen molar-refractivity contribution in [3.63, 3.8) is 0 Å². The molecular weight excluding hydrogens is 400 g/mol. The Bertz CT molecular complexity index is 1070. The van der Waals surface area contributed by atoms with Crippen LogP contribution in [0.3, 0.4) is 0 Å². The van der Waals surface area contributed by atoms with Crippen LogP contribution in [-0.4, -0.2) is 34.1 Å². The van der Waals surface area contributed by atoms with E-state index in [0.717, 1.165) is 54.5 Å². The first kappa shape index (κ1) is 21.9. The molecule has 0 saturated heterocycles. The molecule has 3 aromatic rings. The van der Waals surface area contributed by atoms with Crippen LogP contribution in [0.15, 0.2) is 66.7 Å². The number of phenols is 2. The molecule has 0 aromatic heterocycles. The Morgan fingerprint density at radius 1 is 0.906 bits per heavy atom. The van der Waals surface area contributed by atoms with Gasteiger partial charge in [0, 0.05) is 31.7 Å². The highest BCUT2D eigenvalue weighted by Gasteiger charge is 2.20. The summed E-state index contributed by atoms with van der Waals surface area (Å²) in [6.45, 7) is 2.85. The molecule has 32 heavy (non-hydrogen) atoms. The highest BCUT2D eigenvalue weighted by Crippen LogP contribution is 2.32. The number of rotatable bonds is 8. The van der Waals surface area contributed by atoms with E-state index in [4.69, 9.17) is 0 Å². The van der Waals surface area contributed by atoms with Crippen LogP contribution in [0.1, 0.15) is 45.5 Å². The SMILES string of the molecule is O=C(NCCCCc1ccccc1)c1ccccc1CN1CCc2cc(O)c(O)cc2C1. The average Bonchev–Trinajstić information content (AvgIpc) is 2.81. The molecule has 0 saturated carbocycles. The Kier molecular flexibility index (Phi) is 7.07. The third-order valence-corrected chi connectivity index (χ3v) is 6.06. The molecule has 5 nitrogen and oxygen atoms in total. The minimum absolute atomic E-state index is 0.0275. The molecule has 166 valence electrons. The van der Waals surface area contributed by atoms with Gasteiger partial charge in [-0.2, -0.15) is 0 Å². The van der Waals surface area contributed by atoms with Gasteiger partial charge < -0.3 is 15.5 Å². The molecule has 0 fully saturated rings. The number of benzene rings is 3. The summed E-state index contributed by atoms with van der Waals surface area (Å²) in [6, 6.07) is 21.5. The normalized spacial score (nSPS) is 13.5. The number of aromatic hydroxyl groups is 2. The number of amides is 1. The van der Waals surface area contributed by atoms with Gasteiger partial charge in [-0.3, -0.25) is 9.69 Å². The van der Waals surface area contributed by atoms with Crippen LogP contribution in [0, 0.1) is 0 Å². The van der Waals surface area contributed by atoms with E-state index < -0.39 is 0 Å². The summed E-state index contributed by atoms with van der Waals surface area (Å²) in [5.74, 6) is -0.180. The summed E-state index contributed by atoms with van der Waals surface area (Å²) in [7, 11) is 0. The first-order valence-electron chi connectivity index (χ1n) is 11.3. The summed E-state index contributed by atoms with van der Waals surface area (Å²) in [6.07, 6.45) is 3.82. The molecule has 1 heterocycles. The molecule has 0 radical (unpaired) electrons. The summed E-state index contributed by atoms with van der Waals surface area (Å²) >= 11 is 0. The second-order valence-corrected chi connectivity index (χ2v) is 8.43. The highest BCUT2D eigenvalue weighted by atomic mass is 16.3. The topological polar surface area (TPSA) is 72.8 Å². The lowest BCUT2D eigenvalue weighted by Gasteiger charge is -2.29. The molecule has 0 atom stereocenters. The monoisotopic (exact) mass is 430 g/mol. The van der Waals surface area contributed by atoms with Crippen molar-refractivity contribution in [1.29, 1.82) is 0 Å². The zero-order valence-corrected chi connectivity index (χ0v) is 18.3. The van der Waals surface area contributed by atoms with Crippen LogP contribution in [0.5, 0.6) is 11.5 Å². The van der Waals surface area contributed by atoms with Crippen molar-refractivity contribution < 1.29 is 15.0 Å². The van der Waals surface area contributed by atoms with Gasteiger partial charge in [-0.25, -0.2) is 0 Å². The molecule has 1 aliphatic heterocycles. The second-order valence-electron chi connectivity index (χ2n) is 8.43. The van der Waals surface area contributed by atoms with Gasteiger partial charge in [-0.05, 0) is 66.1 Å². The lowest BCUT2D eigenvalue weighted by atomic mass is 9.97. The number of hydrogen-bond donors (Lipinski definition) is 3. The molecule has 3 N–H and O–H groups in total. The van der Waals surface area contributed by atoms with E-state index in [1.807, 2.05) is 30.3 Å². The van der Waals surface area contributed by atoms with Gasteiger partial charge in [-0.15, -0.1) is 0 Å². The lowest BCUT2D eigenvalue weighted by molar-refractivity contribution is 0.0950. The van der Waals surface area contributed by atoms with E-state index in [0.29, 0.717) is 19.6 Å². The number of phenolic OH excluding ortho intramolecular Hbond substituents is 2. The van der Waals surface area contributed by atoms with Crippen molar-refractivity contribution >= 4 is 5.91 Å². The van der Waals surface area contributed by atoms with E-state index >= 15 is 0 Å². The van der Waals surface area contributed by atoms with Crippen molar-refractivity contribution in [2.24, 2.45) is 0 Å². The largest absolute Gasteiger partial charge is 0.504 e. The first-order valence-corrected chi connectivity index (χ1v) is 11.3. The molecule has 4 rings (SSSR count). The predicted molar refractivity (Wildman–Crippen MR) is 126 cm³/mol. The molecule has 1 amide bonds. The third kappa shape index (κ3) is 5.48. The van der Waals surface area contributed by atoms with Crippen molar-refractivity contribution in [3.8, 4) is 11.5 Å². The van der Waals surface area contributed by atoms with Gasteiger partial charge in [0.05, 0.1) is 0 Å². The Hall–Kier alpha value is -3.31. The lowest BCUT2D eigenvalue weighted by Crippen LogP contribution is -2.32. The maximum Gasteiger partial charge on any atom is 0.251 e. The van der Waals surface area contributed by atoms with E-state index in [1.54, 1.807) is 12.1 Å². The number of unbranched alkanes of at least 4 members (excludes halogenated alkanes) is 1. The van der Waals surface area contributed by atoms with Gasteiger partial charge in [0.15, 0.2) is 11.5 Å². The second kappa shape index (κ2) is 10.3. The molecule has 1 aliphatic rings. The summed E-state index contributed by atoms with van der Waals surface area (Å²) in [4.78, 5) is 15.1. The molecule has 5 heteroatoms. The predicted octanol–water partition coefficient (Wildman–Crippen LogP) is 4.41. The smallest absolute Gasteiger partial charge is 0.251 e. The Morgan fingerprint density at radius 3 is 2.44 bits per heavy atom. The Labute approximate surface area is 189 Å². The number of aryl methyl sites for hydroxylation is 1. The van der Waals surface area contributed by atoms with Gasteiger partial charge in [-0.1, -0.05) is 48.5 Å². The quantitative estimate of drug-likeness (QED) is 0.366. The van der Waals surface area contributed by atoms with Crippen LogP contribution in [0.4, 0.5) is 0 Å². The van der Waals surface area contributed by atoms with E-state index in [2.05, 4.69) is 34.5 Å². The fraction of sp³-hybridized carbons (Fsp3) is 0.296. The third-order valence-electron chi connectivity index (χ3n) is 6.06. The average molecular weight is 431 g/mol. The minimum atomic E-state index is -0.0855. The van der Waals surface area contributed by atoms with Crippen molar-refractivity contribution in [1.82, 2.24) is 10.2 Å². The zero-order valence-electron chi connectivity index (χ0n) is 18.3. The maximum atomic E-state index is 12.8. The number of nitrogens with one attached hydrogen (secondary N) is 1.